The largest absolute Gasteiger partial charge is 0.494 e. The summed E-state index contributed by atoms with van der Waals surface area (Å²) >= 11 is 1.53. The van der Waals surface area contributed by atoms with Gasteiger partial charge < -0.3 is 9.64 Å². The molecule has 0 radical (unpaired) electrons. The molecule has 1 N–H and O–H groups in total. The van der Waals surface area contributed by atoms with Gasteiger partial charge in [-0.05, 0) is 29.0 Å². The molecule has 5 nitrogen and oxygen atoms in total. The summed E-state index contributed by atoms with van der Waals surface area (Å²) in [5.74, 6) is 0.712. The second kappa shape index (κ2) is 8.81. The number of thiazole rings is 1. The molecule has 30 heavy (non-hydrogen) atoms. The summed E-state index contributed by atoms with van der Waals surface area (Å²) in [5.41, 5.74) is 1.51. The number of rotatable bonds is 7. The number of anilines is 1. The van der Waals surface area contributed by atoms with Crippen LogP contribution in [0.1, 0.15) is 16.8 Å². The summed E-state index contributed by atoms with van der Waals surface area (Å²) in [6.45, 7) is 1.60. The fraction of sp³-hybridized carbons (Fsp3) is 0.250. The van der Waals surface area contributed by atoms with Crippen LogP contribution in [0.5, 0.6) is 5.75 Å². The number of benzene rings is 3. The Morgan fingerprint density at radius 3 is 2.63 bits per heavy atom. The first kappa shape index (κ1) is 20.3. The maximum atomic E-state index is 13.7. The monoisotopic (exact) mass is 420 g/mol. The number of hydrogen-bond acceptors (Lipinski definition) is 4. The lowest BCUT2D eigenvalue weighted by atomic mass is 10.0. The average molecular weight is 421 g/mol. The highest BCUT2D eigenvalue weighted by molar-refractivity contribution is 7.22. The molecule has 0 saturated carbocycles. The molecule has 1 aromatic heterocycles. The number of amides is 1. The molecule has 0 aliphatic heterocycles. The Labute approximate surface area is 180 Å². The maximum Gasteiger partial charge on any atom is 0.260 e. The lowest BCUT2D eigenvalue weighted by molar-refractivity contribution is -0.858. The number of quaternary nitrogens is 1. The van der Waals surface area contributed by atoms with Crippen LogP contribution in [0.3, 0.4) is 0 Å². The van der Waals surface area contributed by atoms with Gasteiger partial charge in [0.15, 0.2) is 5.13 Å². The zero-order valence-electron chi connectivity index (χ0n) is 17.5. The van der Waals surface area contributed by atoms with E-state index in [0.29, 0.717) is 17.2 Å². The van der Waals surface area contributed by atoms with Crippen LogP contribution in [0.25, 0.3) is 21.0 Å². The third-order valence-corrected chi connectivity index (χ3v) is 6.19. The number of para-hydroxylation sites is 1. The predicted molar refractivity (Wildman–Crippen MR) is 124 cm³/mol. The van der Waals surface area contributed by atoms with Crippen molar-refractivity contribution in [2.24, 2.45) is 0 Å². The van der Waals surface area contributed by atoms with E-state index in [2.05, 4.69) is 14.1 Å². The minimum absolute atomic E-state index is 0.0152. The normalized spacial score (nSPS) is 11.3. The summed E-state index contributed by atoms with van der Waals surface area (Å²) in [6, 6.07) is 19.8. The number of nitrogens with zero attached hydrogens (tertiary/aromatic N) is 2. The van der Waals surface area contributed by atoms with Crippen molar-refractivity contribution >= 4 is 43.4 Å². The van der Waals surface area contributed by atoms with Gasteiger partial charge in [-0.25, -0.2) is 4.98 Å². The summed E-state index contributed by atoms with van der Waals surface area (Å²) < 4.78 is 6.49. The van der Waals surface area contributed by atoms with Crippen LogP contribution >= 0.6 is 11.3 Å². The smallest absolute Gasteiger partial charge is 0.260 e. The standard InChI is InChI=1S/C24H25N3O2S/c1-26(2)15-8-16-27(24-25-22-20(29-3)13-7-14-21(22)30-24)23(28)19-12-6-10-17-9-4-5-11-18(17)19/h4-7,9-14H,8,15-16H2,1-3H3/p+1. The van der Waals surface area contributed by atoms with Crippen molar-refractivity contribution in [1.82, 2.24) is 4.98 Å². The van der Waals surface area contributed by atoms with Gasteiger partial charge in [0, 0.05) is 18.5 Å². The van der Waals surface area contributed by atoms with Crippen molar-refractivity contribution in [3.63, 3.8) is 0 Å². The summed E-state index contributed by atoms with van der Waals surface area (Å²) in [4.78, 5) is 21.7. The molecule has 0 atom stereocenters. The molecule has 0 aliphatic rings. The molecule has 4 rings (SSSR count). The Bertz CT molecular complexity index is 1180. The second-order valence-electron chi connectivity index (χ2n) is 7.60. The van der Waals surface area contributed by atoms with E-state index in [9.17, 15) is 4.79 Å². The lowest BCUT2D eigenvalue weighted by Gasteiger charge is -2.21. The van der Waals surface area contributed by atoms with E-state index >= 15 is 0 Å². The zero-order valence-corrected chi connectivity index (χ0v) is 18.3. The molecule has 4 aromatic rings. The van der Waals surface area contributed by atoms with E-state index in [4.69, 9.17) is 9.72 Å². The second-order valence-corrected chi connectivity index (χ2v) is 8.61. The minimum atomic E-state index is -0.0152. The van der Waals surface area contributed by atoms with Crippen molar-refractivity contribution in [1.29, 1.82) is 0 Å². The van der Waals surface area contributed by atoms with Gasteiger partial charge >= 0.3 is 0 Å². The van der Waals surface area contributed by atoms with Crippen molar-refractivity contribution in [2.75, 3.05) is 39.2 Å². The number of ether oxygens (including phenoxy) is 1. The van der Waals surface area contributed by atoms with Crippen LogP contribution in [-0.4, -0.2) is 45.2 Å². The van der Waals surface area contributed by atoms with Gasteiger partial charge in [-0.2, -0.15) is 0 Å². The van der Waals surface area contributed by atoms with Crippen molar-refractivity contribution < 1.29 is 14.4 Å². The Hall–Kier alpha value is -2.96. The molecule has 0 spiro atoms. The van der Waals surface area contributed by atoms with Gasteiger partial charge in [0.25, 0.3) is 5.91 Å². The molecule has 0 fully saturated rings. The van der Waals surface area contributed by atoms with Crippen molar-refractivity contribution in [2.45, 2.75) is 6.42 Å². The van der Waals surface area contributed by atoms with Gasteiger partial charge in [-0.15, -0.1) is 0 Å². The number of carbonyl (C=O) groups excluding carboxylic acids is 1. The van der Waals surface area contributed by atoms with E-state index in [1.165, 1.54) is 16.2 Å². The third kappa shape index (κ3) is 4.01. The van der Waals surface area contributed by atoms with Gasteiger partial charge in [0.05, 0.1) is 32.4 Å². The van der Waals surface area contributed by atoms with E-state index in [1.807, 2.05) is 65.6 Å². The number of nitrogens with one attached hydrogen (secondary N) is 1. The number of aromatic nitrogens is 1. The number of fused-ring (bicyclic) bond motifs is 2. The summed E-state index contributed by atoms with van der Waals surface area (Å²) in [7, 11) is 5.89. The van der Waals surface area contributed by atoms with E-state index in [0.717, 1.165) is 39.7 Å². The molecule has 1 amide bonds. The third-order valence-electron chi connectivity index (χ3n) is 5.15. The molecule has 0 unspecified atom stereocenters. The fourth-order valence-corrected chi connectivity index (χ4v) is 4.63. The zero-order chi connectivity index (χ0) is 21.1. The molecular weight excluding hydrogens is 394 g/mol. The Kier molecular flexibility index (Phi) is 5.97. The van der Waals surface area contributed by atoms with E-state index in [-0.39, 0.29) is 5.91 Å². The first-order valence-electron chi connectivity index (χ1n) is 10.1. The van der Waals surface area contributed by atoms with Gasteiger partial charge in [-0.3, -0.25) is 9.69 Å². The molecule has 6 heteroatoms. The number of methoxy groups -OCH3 is 1. The van der Waals surface area contributed by atoms with Gasteiger partial charge in [0.1, 0.15) is 11.3 Å². The van der Waals surface area contributed by atoms with Crippen molar-refractivity contribution in [3.8, 4) is 5.75 Å². The highest BCUT2D eigenvalue weighted by atomic mass is 32.1. The first-order chi connectivity index (χ1) is 14.6. The average Bonchev–Trinajstić information content (AvgIpc) is 3.19. The number of hydrogen-bond donors (Lipinski definition) is 1. The first-order valence-corrected chi connectivity index (χ1v) is 10.9. The van der Waals surface area contributed by atoms with Crippen molar-refractivity contribution in [3.05, 3.63) is 66.2 Å². The topological polar surface area (TPSA) is 46.9 Å². The fourth-order valence-electron chi connectivity index (χ4n) is 3.62. The predicted octanol–water partition coefficient (Wildman–Crippen LogP) is 3.64. The SMILES string of the molecule is COc1cccc2sc(N(CCC[NH+](C)C)C(=O)c3cccc4ccccc34)nc12. The van der Waals surface area contributed by atoms with E-state index in [1.54, 1.807) is 7.11 Å². The van der Waals surface area contributed by atoms with Crippen LogP contribution < -0.4 is 14.5 Å². The summed E-state index contributed by atoms with van der Waals surface area (Å²) in [6.07, 6.45) is 0.895. The van der Waals surface area contributed by atoms with Crippen LogP contribution in [-0.2, 0) is 0 Å². The molecular formula is C24H26N3O2S+. The lowest BCUT2D eigenvalue weighted by Crippen LogP contribution is -3.05. The Morgan fingerprint density at radius 2 is 1.83 bits per heavy atom. The molecule has 3 aromatic carbocycles. The Morgan fingerprint density at radius 1 is 1.07 bits per heavy atom. The molecule has 0 bridgehead atoms. The van der Waals surface area contributed by atoms with E-state index < -0.39 is 0 Å². The maximum absolute atomic E-state index is 13.7. The van der Waals surface area contributed by atoms with Crippen LogP contribution in [0.15, 0.2) is 60.7 Å². The molecule has 0 aliphatic carbocycles. The highest BCUT2D eigenvalue weighted by Gasteiger charge is 2.23. The Balaban J connectivity index is 1.77. The molecule has 154 valence electrons. The molecule has 0 saturated heterocycles. The quantitative estimate of drug-likeness (QED) is 0.497. The minimum Gasteiger partial charge on any atom is -0.494 e. The molecule has 1 heterocycles. The van der Waals surface area contributed by atoms with Crippen LogP contribution in [0.2, 0.25) is 0 Å². The highest BCUT2D eigenvalue weighted by Crippen LogP contribution is 2.35. The van der Waals surface area contributed by atoms with Gasteiger partial charge in [-0.1, -0.05) is 53.8 Å². The van der Waals surface area contributed by atoms with Gasteiger partial charge in [0.2, 0.25) is 0 Å². The number of carbonyl (C=O) groups is 1. The summed E-state index contributed by atoms with van der Waals surface area (Å²) in [5, 5.41) is 2.74. The van der Waals surface area contributed by atoms with Crippen LogP contribution in [0.4, 0.5) is 5.13 Å². The van der Waals surface area contributed by atoms with Crippen LogP contribution in [0, 0.1) is 0 Å².